The molecule has 0 unspecified atom stereocenters. The summed E-state index contributed by atoms with van der Waals surface area (Å²) in [6.07, 6.45) is 3.31. The maximum Gasteiger partial charge on any atom is 0.179 e. The largest absolute Gasteiger partial charge is 0.336 e. The quantitative estimate of drug-likeness (QED) is 0.541. The molecule has 0 saturated carbocycles. The Kier molecular flexibility index (Phi) is 2.77. The van der Waals surface area contributed by atoms with Gasteiger partial charge in [0.15, 0.2) is 5.65 Å². The first-order chi connectivity index (χ1) is 10.2. The second-order valence-corrected chi connectivity index (χ2v) is 5.21. The lowest BCUT2D eigenvalue weighted by Crippen LogP contribution is -1.88. The molecule has 1 N–H and O–H groups in total. The number of benzene rings is 1. The van der Waals surface area contributed by atoms with Crippen LogP contribution < -0.4 is 0 Å². The first-order valence-electron chi connectivity index (χ1n) is 6.14. The van der Waals surface area contributed by atoms with Crippen molar-refractivity contribution in [2.24, 2.45) is 0 Å². The van der Waals surface area contributed by atoms with Gasteiger partial charge in [-0.2, -0.15) is 0 Å². The molecule has 5 nitrogen and oxygen atoms in total. The number of hydrogen-bond donors (Lipinski definition) is 1. The second-order valence-electron chi connectivity index (χ2n) is 4.45. The Labute approximate surface area is 129 Å². The Morgan fingerprint density at radius 2 is 1.86 bits per heavy atom. The minimum atomic E-state index is 0.236. The van der Waals surface area contributed by atoms with E-state index in [2.05, 4.69) is 24.9 Å². The van der Waals surface area contributed by atoms with E-state index in [1.54, 1.807) is 18.5 Å². The van der Waals surface area contributed by atoms with Gasteiger partial charge in [0.1, 0.15) is 11.0 Å². The first-order valence-corrected chi connectivity index (χ1v) is 6.90. The van der Waals surface area contributed by atoms with Crippen LogP contribution >= 0.6 is 23.2 Å². The van der Waals surface area contributed by atoms with Gasteiger partial charge in [0, 0.05) is 18.0 Å². The summed E-state index contributed by atoms with van der Waals surface area (Å²) in [5, 5.41) is 0.622. The zero-order chi connectivity index (χ0) is 14.4. The van der Waals surface area contributed by atoms with Crippen LogP contribution in [-0.4, -0.2) is 24.9 Å². The van der Waals surface area contributed by atoms with E-state index >= 15 is 0 Å². The molecule has 0 saturated heterocycles. The van der Waals surface area contributed by atoms with Crippen LogP contribution in [0.3, 0.4) is 0 Å². The van der Waals surface area contributed by atoms with Crippen molar-refractivity contribution < 1.29 is 0 Å². The lowest BCUT2D eigenvalue weighted by molar-refractivity contribution is 1.27. The van der Waals surface area contributed by atoms with Crippen molar-refractivity contribution in [3.8, 4) is 11.4 Å². The fraction of sp³-hybridized carbons (Fsp3) is 0. The molecule has 0 amide bonds. The number of pyridine rings is 1. The van der Waals surface area contributed by atoms with Gasteiger partial charge < -0.3 is 4.98 Å². The molecule has 0 aliphatic carbocycles. The molecule has 4 aromatic rings. The summed E-state index contributed by atoms with van der Waals surface area (Å²) in [5.74, 6) is 0.655. The molecule has 21 heavy (non-hydrogen) atoms. The molecular formula is C14H7Cl2N5. The van der Waals surface area contributed by atoms with Gasteiger partial charge in [-0.3, -0.25) is 9.97 Å². The van der Waals surface area contributed by atoms with Crippen LogP contribution in [0.25, 0.3) is 33.6 Å². The van der Waals surface area contributed by atoms with Crippen LogP contribution in [0.2, 0.25) is 10.2 Å². The number of H-pyrrole nitrogens is 1. The number of aromatic amines is 1. The van der Waals surface area contributed by atoms with Gasteiger partial charge in [0.05, 0.1) is 21.6 Å². The normalized spacial score (nSPS) is 11.3. The average Bonchev–Trinajstić information content (AvgIpc) is 2.90. The molecule has 0 aliphatic rings. The zero-order valence-corrected chi connectivity index (χ0v) is 12.0. The second kappa shape index (κ2) is 4.65. The lowest BCUT2D eigenvalue weighted by Gasteiger charge is -2.01. The molecule has 3 aromatic heterocycles. The number of halogens is 2. The van der Waals surface area contributed by atoms with Crippen LogP contribution in [0.15, 0.2) is 36.7 Å². The lowest BCUT2D eigenvalue weighted by atomic mass is 10.1. The maximum absolute atomic E-state index is 5.97. The average molecular weight is 316 g/mol. The number of fused-ring (bicyclic) bond motifs is 2. The molecule has 1 aromatic carbocycles. The number of aromatic nitrogens is 5. The molecule has 0 fully saturated rings. The predicted octanol–water partition coefficient (Wildman–Crippen LogP) is 3.87. The summed E-state index contributed by atoms with van der Waals surface area (Å²) in [5.41, 5.74) is 3.67. The van der Waals surface area contributed by atoms with E-state index in [9.17, 15) is 0 Å². The molecule has 0 aliphatic heterocycles. The van der Waals surface area contributed by atoms with Gasteiger partial charge in [-0.15, -0.1) is 0 Å². The van der Waals surface area contributed by atoms with E-state index in [4.69, 9.17) is 23.2 Å². The molecule has 4 rings (SSSR count). The van der Waals surface area contributed by atoms with Gasteiger partial charge >= 0.3 is 0 Å². The van der Waals surface area contributed by atoms with E-state index in [1.807, 2.05) is 18.2 Å². The Balaban J connectivity index is 2.00. The summed E-state index contributed by atoms with van der Waals surface area (Å²) >= 11 is 11.9. The first kappa shape index (κ1) is 12.5. The van der Waals surface area contributed by atoms with Crippen LogP contribution in [0.4, 0.5) is 0 Å². The molecule has 0 bridgehead atoms. The summed E-state index contributed by atoms with van der Waals surface area (Å²) < 4.78 is 0. The van der Waals surface area contributed by atoms with Crippen LogP contribution in [0.5, 0.6) is 0 Å². The highest BCUT2D eigenvalue weighted by Gasteiger charge is 2.12. The van der Waals surface area contributed by atoms with Crippen LogP contribution in [0.1, 0.15) is 0 Å². The van der Waals surface area contributed by atoms with Gasteiger partial charge in [-0.05, 0) is 18.2 Å². The van der Waals surface area contributed by atoms with Crippen LogP contribution in [0, 0.1) is 0 Å². The number of nitrogens with one attached hydrogen (secondary N) is 1. The molecular weight excluding hydrogens is 309 g/mol. The van der Waals surface area contributed by atoms with Crippen molar-refractivity contribution >= 4 is 45.4 Å². The van der Waals surface area contributed by atoms with Gasteiger partial charge in [0.2, 0.25) is 0 Å². The van der Waals surface area contributed by atoms with Crippen molar-refractivity contribution in [1.82, 2.24) is 24.9 Å². The summed E-state index contributed by atoms with van der Waals surface area (Å²) in [7, 11) is 0. The Hall–Kier alpha value is -2.24. The number of rotatable bonds is 1. The highest BCUT2D eigenvalue weighted by atomic mass is 35.5. The van der Waals surface area contributed by atoms with Gasteiger partial charge in [0.25, 0.3) is 0 Å². The Morgan fingerprint density at radius 3 is 2.76 bits per heavy atom. The maximum atomic E-state index is 5.97. The Bertz CT molecular complexity index is 935. The molecule has 102 valence electrons. The summed E-state index contributed by atoms with van der Waals surface area (Å²) in [6.45, 7) is 0. The fourth-order valence-electron chi connectivity index (χ4n) is 2.21. The van der Waals surface area contributed by atoms with Gasteiger partial charge in [-0.25, -0.2) is 9.97 Å². The summed E-state index contributed by atoms with van der Waals surface area (Å²) in [4.78, 5) is 20.5. The zero-order valence-electron chi connectivity index (χ0n) is 10.5. The van der Waals surface area contributed by atoms with E-state index in [-0.39, 0.29) is 5.15 Å². The Morgan fingerprint density at radius 1 is 1.00 bits per heavy atom. The van der Waals surface area contributed by atoms with E-state index in [0.29, 0.717) is 16.5 Å². The van der Waals surface area contributed by atoms with E-state index < -0.39 is 0 Å². The van der Waals surface area contributed by atoms with Crippen molar-refractivity contribution in [2.45, 2.75) is 0 Å². The smallest absolute Gasteiger partial charge is 0.179 e. The number of hydrogen-bond acceptors (Lipinski definition) is 4. The van der Waals surface area contributed by atoms with Crippen molar-refractivity contribution in [3.63, 3.8) is 0 Å². The predicted molar refractivity (Wildman–Crippen MR) is 82.4 cm³/mol. The third-order valence-electron chi connectivity index (χ3n) is 3.14. The van der Waals surface area contributed by atoms with Crippen molar-refractivity contribution in [3.05, 3.63) is 46.8 Å². The number of para-hydroxylation sites is 1. The molecule has 0 atom stereocenters. The minimum absolute atomic E-state index is 0.236. The van der Waals surface area contributed by atoms with Crippen molar-refractivity contribution in [2.75, 3.05) is 0 Å². The molecule has 0 spiro atoms. The fourth-order valence-corrected chi connectivity index (χ4v) is 2.49. The third kappa shape index (κ3) is 2.02. The number of nitrogens with zero attached hydrogens (tertiary/aromatic N) is 4. The SMILES string of the molecule is Clc1cc2[nH]c(-c3cccc4nccnc34)nc2nc1Cl. The molecule has 3 heterocycles. The van der Waals surface area contributed by atoms with E-state index in [0.717, 1.165) is 22.1 Å². The highest BCUT2D eigenvalue weighted by molar-refractivity contribution is 6.41. The highest BCUT2D eigenvalue weighted by Crippen LogP contribution is 2.28. The van der Waals surface area contributed by atoms with Gasteiger partial charge in [-0.1, -0.05) is 29.3 Å². The van der Waals surface area contributed by atoms with E-state index in [1.165, 1.54) is 0 Å². The van der Waals surface area contributed by atoms with Crippen LogP contribution in [-0.2, 0) is 0 Å². The van der Waals surface area contributed by atoms with Crippen molar-refractivity contribution in [1.29, 1.82) is 0 Å². The summed E-state index contributed by atoms with van der Waals surface area (Å²) in [6, 6.07) is 7.45. The monoisotopic (exact) mass is 315 g/mol. The minimum Gasteiger partial charge on any atom is -0.336 e. The number of imidazole rings is 1. The topological polar surface area (TPSA) is 67.3 Å². The molecule has 0 radical (unpaired) electrons. The molecule has 7 heteroatoms. The standard InChI is InChI=1S/C14H7Cl2N5/c15-8-6-10-14(20-12(8)16)21-13(19-10)7-2-1-3-9-11(7)18-5-4-17-9/h1-6H,(H,19,20,21). The third-order valence-corrected chi connectivity index (χ3v) is 3.81.